The van der Waals surface area contributed by atoms with Gasteiger partial charge in [0.05, 0.1) is 18.1 Å². The summed E-state index contributed by atoms with van der Waals surface area (Å²) in [6.45, 7) is 5.86. The molecule has 150 valence electrons. The summed E-state index contributed by atoms with van der Waals surface area (Å²) in [4.78, 5) is 23.6. The molecule has 27 heavy (non-hydrogen) atoms. The van der Waals surface area contributed by atoms with Crippen molar-refractivity contribution in [1.82, 2.24) is 0 Å². The number of halogens is 1. The van der Waals surface area contributed by atoms with Gasteiger partial charge in [0.15, 0.2) is 0 Å². The highest BCUT2D eigenvalue weighted by atomic mass is 35.5. The Bertz CT molecular complexity index is 702. The second-order valence-electron chi connectivity index (χ2n) is 8.34. The minimum Gasteiger partial charge on any atom is -0.465 e. The molecule has 2 aliphatic heterocycles. The molecule has 7 atom stereocenters. The Morgan fingerprint density at radius 1 is 1.44 bits per heavy atom. The van der Waals surface area contributed by atoms with E-state index in [2.05, 4.69) is 0 Å². The predicted octanol–water partition coefficient (Wildman–Crippen LogP) is 1.34. The van der Waals surface area contributed by atoms with Crippen molar-refractivity contribution in [3.63, 3.8) is 0 Å². The number of carbonyl (C=O) groups excluding carboxylic acids is 2. The molecule has 4 aliphatic rings. The highest BCUT2D eigenvalue weighted by Crippen LogP contribution is 2.72. The molecule has 2 heterocycles. The number of fused-ring (bicyclic) bond motifs is 2. The van der Waals surface area contributed by atoms with E-state index < -0.39 is 46.7 Å². The van der Waals surface area contributed by atoms with Gasteiger partial charge in [0.1, 0.15) is 36.4 Å². The van der Waals surface area contributed by atoms with Gasteiger partial charge in [-0.15, -0.1) is 11.6 Å². The van der Waals surface area contributed by atoms with Crippen LogP contribution in [0.4, 0.5) is 0 Å². The van der Waals surface area contributed by atoms with E-state index >= 15 is 0 Å². The van der Waals surface area contributed by atoms with Crippen molar-refractivity contribution in [3.8, 4) is 0 Å². The fraction of sp³-hybridized carbons (Fsp3) is 0.789. The smallest absolute Gasteiger partial charge is 0.321 e. The van der Waals surface area contributed by atoms with E-state index in [1.165, 1.54) is 12.5 Å². The third-order valence-electron chi connectivity index (χ3n) is 7.16. The summed E-state index contributed by atoms with van der Waals surface area (Å²) >= 11 is 5.65. The first-order chi connectivity index (χ1) is 12.7. The lowest BCUT2D eigenvalue weighted by molar-refractivity contribution is -0.233. The summed E-state index contributed by atoms with van der Waals surface area (Å²) in [5.74, 6) is -1.30. The standard InChI is InChI=1S/C19H25ClO7/c1-10-4-5-18(8-24-11(2)21)12(6-10)26-16-14(23)15(27-13(22)7-20)17(18,3)19(16)9-25-19/h6,12,14-16,23H,4-5,7-9H2,1-3H3. The van der Waals surface area contributed by atoms with Crippen LogP contribution in [-0.2, 0) is 28.5 Å². The van der Waals surface area contributed by atoms with Crippen molar-refractivity contribution < 1.29 is 33.6 Å². The molecule has 3 fully saturated rings. The number of ether oxygens (including phenoxy) is 4. The van der Waals surface area contributed by atoms with Crippen LogP contribution in [0.3, 0.4) is 0 Å². The lowest BCUT2D eigenvalue weighted by atomic mass is 9.51. The first kappa shape index (κ1) is 19.2. The van der Waals surface area contributed by atoms with Crippen LogP contribution in [0.15, 0.2) is 11.6 Å². The molecular formula is C19H25ClO7. The Labute approximate surface area is 162 Å². The summed E-state index contributed by atoms with van der Waals surface area (Å²) in [5.41, 5.74) is -1.06. The van der Waals surface area contributed by atoms with Gasteiger partial charge in [-0.1, -0.05) is 18.6 Å². The average molecular weight is 401 g/mol. The van der Waals surface area contributed by atoms with Crippen LogP contribution in [0.25, 0.3) is 0 Å². The third kappa shape index (κ3) is 2.38. The van der Waals surface area contributed by atoms with Crippen molar-refractivity contribution >= 4 is 23.5 Å². The number of esters is 2. The summed E-state index contributed by atoms with van der Waals surface area (Å²) < 4.78 is 23.3. The van der Waals surface area contributed by atoms with Gasteiger partial charge in [0, 0.05) is 12.3 Å². The summed E-state index contributed by atoms with van der Waals surface area (Å²) in [7, 11) is 0. The van der Waals surface area contributed by atoms with E-state index in [9.17, 15) is 14.7 Å². The maximum atomic E-state index is 12.0. The van der Waals surface area contributed by atoms with Crippen molar-refractivity contribution in [3.05, 3.63) is 11.6 Å². The SMILES string of the molecule is CC(=O)OCC12CCC(C)=CC1OC1C(O)C(OC(=O)CCl)C2(C)C12CO2. The molecule has 4 rings (SSSR count). The molecule has 1 saturated carbocycles. The number of allylic oxidation sites excluding steroid dienone is 1. The second kappa shape index (κ2) is 6.17. The Balaban J connectivity index is 1.84. The zero-order chi connectivity index (χ0) is 19.6. The molecule has 1 spiro atoms. The first-order valence-corrected chi connectivity index (χ1v) is 9.79. The Morgan fingerprint density at radius 2 is 2.15 bits per heavy atom. The monoisotopic (exact) mass is 400 g/mol. The molecule has 7 nitrogen and oxygen atoms in total. The number of hydrogen-bond donors (Lipinski definition) is 1. The first-order valence-electron chi connectivity index (χ1n) is 9.25. The van der Waals surface area contributed by atoms with Gasteiger partial charge in [-0.3, -0.25) is 9.59 Å². The van der Waals surface area contributed by atoms with Crippen molar-refractivity contribution in [1.29, 1.82) is 0 Å². The van der Waals surface area contributed by atoms with Crippen LogP contribution in [0.2, 0.25) is 0 Å². The maximum Gasteiger partial charge on any atom is 0.321 e. The Kier molecular flexibility index (Phi) is 4.39. The maximum absolute atomic E-state index is 12.0. The molecular weight excluding hydrogens is 376 g/mol. The second-order valence-corrected chi connectivity index (χ2v) is 8.61. The molecule has 1 N–H and O–H groups in total. The fourth-order valence-electron chi connectivity index (χ4n) is 5.59. The Hall–Kier alpha value is -1.15. The van der Waals surface area contributed by atoms with Crippen LogP contribution in [0.1, 0.15) is 33.6 Å². The molecule has 0 amide bonds. The van der Waals surface area contributed by atoms with E-state index in [4.69, 9.17) is 30.5 Å². The summed E-state index contributed by atoms with van der Waals surface area (Å²) in [5, 5.41) is 11.0. The number of hydrogen-bond acceptors (Lipinski definition) is 7. The van der Waals surface area contributed by atoms with Gasteiger partial charge in [-0.25, -0.2) is 0 Å². The average Bonchev–Trinajstić information content (AvgIpc) is 3.41. The van der Waals surface area contributed by atoms with Gasteiger partial charge >= 0.3 is 11.9 Å². The highest BCUT2D eigenvalue weighted by Gasteiger charge is 2.85. The van der Waals surface area contributed by atoms with Crippen LogP contribution in [0, 0.1) is 10.8 Å². The van der Waals surface area contributed by atoms with E-state index in [1.807, 2.05) is 19.9 Å². The minimum atomic E-state index is -1.04. The van der Waals surface area contributed by atoms with Crippen LogP contribution in [0.5, 0.6) is 0 Å². The van der Waals surface area contributed by atoms with Gasteiger partial charge in [-0.2, -0.15) is 0 Å². The van der Waals surface area contributed by atoms with Gasteiger partial charge in [-0.05, 0) is 19.8 Å². The molecule has 8 heteroatoms. The van der Waals surface area contributed by atoms with Crippen molar-refractivity contribution in [2.45, 2.75) is 63.6 Å². The summed E-state index contributed by atoms with van der Waals surface area (Å²) in [6.07, 6.45) is 0.610. The molecule has 7 unspecified atom stereocenters. The zero-order valence-electron chi connectivity index (χ0n) is 15.7. The largest absolute Gasteiger partial charge is 0.465 e. The van der Waals surface area contributed by atoms with Crippen molar-refractivity contribution in [2.24, 2.45) is 10.8 Å². The van der Waals surface area contributed by atoms with Gasteiger partial charge in [0.2, 0.25) is 0 Å². The number of alkyl halides is 1. The van der Waals surface area contributed by atoms with E-state index in [-0.39, 0.29) is 18.6 Å². The number of aliphatic hydroxyl groups excluding tert-OH is 1. The molecule has 0 aromatic heterocycles. The molecule has 2 aliphatic carbocycles. The number of aliphatic hydroxyl groups is 1. The predicted molar refractivity (Wildman–Crippen MR) is 94.1 cm³/mol. The quantitative estimate of drug-likeness (QED) is 0.329. The highest BCUT2D eigenvalue weighted by molar-refractivity contribution is 6.26. The van der Waals surface area contributed by atoms with Crippen molar-refractivity contribution in [2.75, 3.05) is 19.1 Å². The lowest BCUT2D eigenvalue weighted by Gasteiger charge is -2.58. The molecule has 2 bridgehead atoms. The van der Waals surface area contributed by atoms with E-state index in [1.54, 1.807) is 0 Å². The Morgan fingerprint density at radius 3 is 2.74 bits per heavy atom. The van der Waals surface area contributed by atoms with Crippen LogP contribution in [-0.4, -0.2) is 66.2 Å². The van der Waals surface area contributed by atoms with E-state index in [0.717, 1.165) is 6.42 Å². The van der Waals surface area contributed by atoms with Gasteiger partial charge < -0.3 is 24.1 Å². The topological polar surface area (TPSA) is 94.6 Å². The number of rotatable bonds is 4. The van der Waals surface area contributed by atoms with Gasteiger partial charge in [0.25, 0.3) is 0 Å². The normalized spacial score (nSPS) is 47.2. The fourth-order valence-corrected chi connectivity index (χ4v) is 5.65. The summed E-state index contributed by atoms with van der Waals surface area (Å²) in [6, 6.07) is 0. The number of epoxide rings is 1. The number of carbonyl (C=O) groups is 2. The molecule has 0 aromatic rings. The van der Waals surface area contributed by atoms with Crippen LogP contribution >= 0.6 is 11.6 Å². The molecule has 2 saturated heterocycles. The molecule has 0 aromatic carbocycles. The molecule has 0 radical (unpaired) electrons. The third-order valence-corrected chi connectivity index (χ3v) is 7.38. The lowest BCUT2D eigenvalue weighted by Crippen LogP contribution is -2.66. The minimum absolute atomic E-state index is 0.104. The van der Waals surface area contributed by atoms with Crippen LogP contribution < -0.4 is 0 Å². The van der Waals surface area contributed by atoms with E-state index in [0.29, 0.717) is 13.0 Å². The zero-order valence-corrected chi connectivity index (χ0v) is 16.5.